The number of aliphatic hydroxyl groups excluding tert-OH is 1. The highest BCUT2D eigenvalue weighted by atomic mass is 16.5. The molecular weight excluding hydrogens is 294 g/mol. The summed E-state index contributed by atoms with van der Waals surface area (Å²) in [7, 11) is 3.16. The van der Waals surface area contributed by atoms with Gasteiger partial charge in [0.1, 0.15) is 11.5 Å². The monoisotopic (exact) mass is 315 g/mol. The fourth-order valence-corrected chi connectivity index (χ4v) is 2.21. The molecule has 0 bridgehead atoms. The Morgan fingerprint density at radius 1 is 1.09 bits per heavy atom. The van der Waals surface area contributed by atoms with Gasteiger partial charge in [-0.2, -0.15) is 0 Å². The van der Waals surface area contributed by atoms with Crippen LogP contribution < -0.4 is 14.8 Å². The summed E-state index contributed by atoms with van der Waals surface area (Å²) in [5, 5.41) is 12.9. The molecule has 0 spiro atoms. The van der Waals surface area contributed by atoms with E-state index in [0.717, 1.165) is 5.56 Å². The molecule has 2 rings (SSSR count). The van der Waals surface area contributed by atoms with Gasteiger partial charge in [0.05, 0.1) is 26.7 Å². The molecule has 0 saturated heterocycles. The van der Waals surface area contributed by atoms with Gasteiger partial charge in [-0.15, -0.1) is 0 Å². The second kappa shape index (κ2) is 8.19. The number of ether oxygens (including phenoxy) is 2. The van der Waals surface area contributed by atoms with Crippen molar-refractivity contribution in [2.75, 3.05) is 20.8 Å². The third-order valence-electron chi connectivity index (χ3n) is 3.47. The number of rotatable bonds is 7. The standard InChI is InChI=1S/C18H21NO4/c1-22-15-7-3-5-13(9-15)10-18(21)19-12-17(20)14-6-4-8-16(11-14)23-2/h3-9,11,17,20H,10,12H2,1-2H3,(H,19,21)/t17-/m1/s1. The Kier molecular flexibility index (Phi) is 6.00. The zero-order valence-corrected chi connectivity index (χ0v) is 13.3. The summed E-state index contributed by atoms with van der Waals surface area (Å²) in [4.78, 5) is 12.0. The number of amides is 1. The first-order valence-corrected chi connectivity index (χ1v) is 7.34. The second-order valence-electron chi connectivity index (χ2n) is 5.12. The van der Waals surface area contributed by atoms with E-state index in [0.29, 0.717) is 17.1 Å². The first kappa shape index (κ1) is 16.8. The lowest BCUT2D eigenvalue weighted by atomic mass is 10.1. The molecule has 0 unspecified atom stereocenters. The molecule has 2 N–H and O–H groups in total. The Balaban J connectivity index is 1.87. The van der Waals surface area contributed by atoms with Gasteiger partial charge >= 0.3 is 0 Å². The molecule has 0 aromatic heterocycles. The first-order valence-electron chi connectivity index (χ1n) is 7.34. The quantitative estimate of drug-likeness (QED) is 0.821. The van der Waals surface area contributed by atoms with Crippen molar-refractivity contribution < 1.29 is 19.4 Å². The van der Waals surface area contributed by atoms with Crippen LogP contribution in [0, 0.1) is 0 Å². The largest absolute Gasteiger partial charge is 0.497 e. The van der Waals surface area contributed by atoms with Gasteiger partial charge in [-0.05, 0) is 35.4 Å². The van der Waals surface area contributed by atoms with Crippen LogP contribution in [0.1, 0.15) is 17.2 Å². The number of carbonyl (C=O) groups is 1. The maximum absolute atomic E-state index is 12.0. The van der Waals surface area contributed by atoms with Gasteiger partial charge in [-0.25, -0.2) is 0 Å². The van der Waals surface area contributed by atoms with Crippen LogP contribution in [0.25, 0.3) is 0 Å². The third-order valence-corrected chi connectivity index (χ3v) is 3.47. The topological polar surface area (TPSA) is 67.8 Å². The molecule has 0 aliphatic carbocycles. The minimum Gasteiger partial charge on any atom is -0.497 e. The van der Waals surface area contributed by atoms with Crippen LogP contribution in [0.4, 0.5) is 0 Å². The van der Waals surface area contributed by atoms with Crippen LogP contribution in [-0.4, -0.2) is 31.8 Å². The Bertz CT molecular complexity index is 657. The normalized spacial score (nSPS) is 11.6. The average Bonchev–Trinajstić information content (AvgIpc) is 2.59. The zero-order valence-electron chi connectivity index (χ0n) is 13.3. The molecule has 0 radical (unpaired) electrons. The average molecular weight is 315 g/mol. The molecule has 1 atom stereocenters. The fourth-order valence-electron chi connectivity index (χ4n) is 2.21. The Hall–Kier alpha value is -2.53. The summed E-state index contributed by atoms with van der Waals surface area (Å²) in [5.41, 5.74) is 1.56. The number of hydrogen-bond acceptors (Lipinski definition) is 4. The Labute approximate surface area is 135 Å². The molecule has 0 heterocycles. The highest BCUT2D eigenvalue weighted by Crippen LogP contribution is 2.18. The van der Waals surface area contributed by atoms with Crippen LogP contribution in [0.15, 0.2) is 48.5 Å². The van der Waals surface area contributed by atoms with Crippen LogP contribution in [0.5, 0.6) is 11.5 Å². The van der Waals surface area contributed by atoms with E-state index in [1.807, 2.05) is 24.3 Å². The van der Waals surface area contributed by atoms with E-state index in [1.54, 1.807) is 38.5 Å². The molecule has 0 aliphatic heterocycles. The number of hydrogen-bond donors (Lipinski definition) is 2. The Morgan fingerprint density at radius 3 is 2.43 bits per heavy atom. The third kappa shape index (κ3) is 5.00. The summed E-state index contributed by atoms with van der Waals surface area (Å²) >= 11 is 0. The van der Waals surface area contributed by atoms with Gasteiger partial charge in [-0.3, -0.25) is 4.79 Å². The fraction of sp³-hybridized carbons (Fsp3) is 0.278. The van der Waals surface area contributed by atoms with E-state index >= 15 is 0 Å². The minimum atomic E-state index is -0.778. The number of nitrogens with one attached hydrogen (secondary N) is 1. The number of methoxy groups -OCH3 is 2. The van der Waals surface area contributed by atoms with Gasteiger partial charge in [0.15, 0.2) is 0 Å². The highest BCUT2D eigenvalue weighted by Gasteiger charge is 2.11. The number of carbonyl (C=O) groups excluding carboxylic acids is 1. The van der Waals surface area contributed by atoms with E-state index in [4.69, 9.17) is 9.47 Å². The van der Waals surface area contributed by atoms with Crippen LogP contribution >= 0.6 is 0 Å². The van der Waals surface area contributed by atoms with Crippen LogP contribution in [0.3, 0.4) is 0 Å². The summed E-state index contributed by atoms with van der Waals surface area (Å²) in [5.74, 6) is 1.23. The van der Waals surface area contributed by atoms with Gasteiger partial charge < -0.3 is 19.9 Å². The van der Waals surface area contributed by atoms with E-state index in [-0.39, 0.29) is 18.9 Å². The molecule has 1 amide bonds. The summed E-state index contributed by atoms with van der Waals surface area (Å²) < 4.78 is 10.3. The van der Waals surface area contributed by atoms with Crippen molar-refractivity contribution in [1.82, 2.24) is 5.32 Å². The van der Waals surface area contributed by atoms with Crippen molar-refractivity contribution in [3.63, 3.8) is 0 Å². The van der Waals surface area contributed by atoms with Crippen molar-refractivity contribution in [1.29, 1.82) is 0 Å². The van der Waals surface area contributed by atoms with Gasteiger partial charge in [0.25, 0.3) is 0 Å². The molecule has 5 nitrogen and oxygen atoms in total. The maximum Gasteiger partial charge on any atom is 0.224 e. The molecule has 0 fully saturated rings. The maximum atomic E-state index is 12.0. The predicted molar refractivity (Wildman–Crippen MR) is 87.7 cm³/mol. The van der Waals surface area contributed by atoms with Crippen molar-refractivity contribution in [2.24, 2.45) is 0 Å². The molecule has 2 aromatic rings. The van der Waals surface area contributed by atoms with Crippen molar-refractivity contribution in [3.8, 4) is 11.5 Å². The predicted octanol–water partition coefficient (Wildman–Crippen LogP) is 2.10. The highest BCUT2D eigenvalue weighted by molar-refractivity contribution is 5.78. The summed E-state index contributed by atoms with van der Waals surface area (Å²) in [6.07, 6.45) is -0.540. The zero-order chi connectivity index (χ0) is 16.7. The minimum absolute atomic E-state index is 0.149. The summed E-state index contributed by atoms with van der Waals surface area (Å²) in [6.45, 7) is 0.149. The summed E-state index contributed by atoms with van der Waals surface area (Å²) in [6, 6.07) is 14.5. The van der Waals surface area contributed by atoms with Gasteiger partial charge in [0, 0.05) is 6.54 Å². The van der Waals surface area contributed by atoms with Crippen molar-refractivity contribution >= 4 is 5.91 Å². The second-order valence-corrected chi connectivity index (χ2v) is 5.12. The molecule has 0 aliphatic rings. The lowest BCUT2D eigenvalue weighted by Gasteiger charge is -2.13. The number of benzene rings is 2. The Morgan fingerprint density at radius 2 is 1.74 bits per heavy atom. The van der Waals surface area contributed by atoms with Gasteiger partial charge in [-0.1, -0.05) is 24.3 Å². The SMILES string of the molecule is COc1cccc(CC(=O)NC[C@@H](O)c2cccc(OC)c2)c1. The molecule has 2 aromatic carbocycles. The van der Waals surface area contributed by atoms with E-state index < -0.39 is 6.10 Å². The number of aliphatic hydroxyl groups is 1. The molecule has 0 saturated carbocycles. The lowest BCUT2D eigenvalue weighted by Crippen LogP contribution is -2.29. The first-order chi connectivity index (χ1) is 11.1. The van der Waals surface area contributed by atoms with Crippen LogP contribution in [0.2, 0.25) is 0 Å². The van der Waals surface area contributed by atoms with Crippen molar-refractivity contribution in [3.05, 3.63) is 59.7 Å². The lowest BCUT2D eigenvalue weighted by molar-refractivity contribution is -0.120. The molecule has 23 heavy (non-hydrogen) atoms. The smallest absolute Gasteiger partial charge is 0.224 e. The molecule has 122 valence electrons. The van der Waals surface area contributed by atoms with Crippen molar-refractivity contribution in [2.45, 2.75) is 12.5 Å². The van der Waals surface area contributed by atoms with E-state index in [9.17, 15) is 9.90 Å². The van der Waals surface area contributed by atoms with Gasteiger partial charge in [0.2, 0.25) is 5.91 Å². The van der Waals surface area contributed by atoms with E-state index in [2.05, 4.69) is 5.32 Å². The van der Waals surface area contributed by atoms with E-state index in [1.165, 1.54) is 0 Å². The molecule has 5 heteroatoms. The van der Waals surface area contributed by atoms with Crippen LogP contribution in [-0.2, 0) is 11.2 Å². The molecular formula is C18H21NO4.